The summed E-state index contributed by atoms with van der Waals surface area (Å²) >= 11 is 0. The molecule has 0 atom stereocenters. The fraction of sp³-hybridized carbons (Fsp3) is 0. The van der Waals surface area contributed by atoms with Gasteiger partial charge in [0.05, 0.1) is 0 Å². The van der Waals surface area contributed by atoms with Gasteiger partial charge >= 0.3 is 1.43 Å². The van der Waals surface area contributed by atoms with Gasteiger partial charge in [-0.3, -0.25) is 0 Å². The smallest absolute Gasteiger partial charge is 0.449 e. The first-order valence-electron chi connectivity index (χ1n) is 1.39. The Kier molecular flexibility index (Phi) is 5.09. The molecule has 0 aromatic heterocycles. The standard InChI is InChI=1S/H8O2Si3/c3-1-5-2-4/h5H2,3-4H3/p+1. The van der Waals surface area contributed by atoms with Crippen molar-refractivity contribution in [2.75, 3.05) is 0 Å². The Hall–Kier alpha value is 0.571. The Labute approximate surface area is 41.5 Å². The van der Waals surface area contributed by atoms with Crippen LogP contribution in [0.2, 0.25) is 0 Å². The van der Waals surface area contributed by atoms with Gasteiger partial charge in [-0.15, -0.1) is 0 Å². The second-order valence-corrected chi connectivity index (χ2v) is 5.55. The number of hydrogen-bond acceptors (Lipinski definition) is 2. The summed E-state index contributed by atoms with van der Waals surface area (Å²) < 4.78 is 9.56. The molecule has 0 aliphatic rings. The molecular weight excluding hydrogens is 116 g/mol. The lowest BCUT2D eigenvalue weighted by atomic mass is 15.8. The van der Waals surface area contributed by atoms with E-state index in [2.05, 4.69) is 0 Å². The van der Waals surface area contributed by atoms with E-state index in [-0.39, 0.29) is 1.43 Å². The highest BCUT2D eigenvalue weighted by molar-refractivity contribution is 6.33. The Balaban J connectivity index is 0. The molecule has 32 valence electrons. The quantitative estimate of drug-likeness (QED) is 0.360. The van der Waals surface area contributed by atoms with Crippen molar-refractivity contribution in [3.8, 4) is 0 Å². The van der Waals surface area contributed by atoms with Crippen LogP contribution in [0.25, 0.3) is 0 Å². The molecule has 0 radical (unpaired) electrons. The van der Waals surface area contributed by atoms with Crippen LogP contribution in [0.1, 0.15) is 1.43 Å². The van der Waals surface area contributed by atoms with Gasteiger partial charge in [-0.05, 0) is 0 Å². The summed E-state index contributed by atoms with van der Waals surface area (Å²) in [5.41, 5.74) is 0. The van der Waals surface area contributed by atoms with Crippen molar-refractivity contribution in [2.24, 2.45) is 0 Å². The zero-order valence-electron chi connectivity index (χ0n) is 4.52. The molecule has 0 saturated carbocycles. The third-order valence-corrected chi connectivity index (χ3v) is 2.12. The maximum Gasteiger partial charge on any atom is 1.00 e. The lowest BCUT2D eigenvalue weighted by Crippen LogP contribution is -1.96. The molecule has 0 N–H and O–H groups in total. The highest BCUT2D eigenvalue weighted by Gasteiger charge is 1.66. The molecule has 0 aliphatic heterocycles. The van der Waals surface area contributed by atoms with Gasteiger partial charge in [0, 0.05) is 0 Å². The largest absolute Gasteiger partial charge is 1.00 e. The van der Waals surface area contributed by atoms with E-state index >= 15 is 0 Å². The molecule has 0 spiro atoms. The van der Waals surface area contributed by atoms with Gasteiger partial charge < -0.3 is 8.23 Å². The Bertz CT molecular complexity index is 16.3. The Morgan fingerprint density at radius 1 is 1.40 bits per heavy atom. The molecule has 0 bridgehead atoms. The lowest BCUT2D eigenvalue weighted by Gasteiger charge is -1.87. The summed E-state index contributed by atoms with van der Waals surface area (Å²) in [6, 6.07) is 0. The minimum Gasteiger partial charge on any atom is -0.449 e. The maximum absolute atomic E-state index is 4.78. The van der Waals surface area contributed by atoms with Crippen LogP contribution in [-0.4, -0.2) is 31.0 Å². The fourth-order valence-corrected chi connectivity index (χ4v) is 3.18. The predicted molar refractivity (Wildman–Crippen MR) is 31.7 cm³/mol. The van der Waals surface area contributed by atoms with Gasteiger partial charge in [0.2, 0.25) is 0 Å². The highest BCUT2D eigenvalue weighted by Crippen LogP contribution is 1.52. The molecular formula is H9O2Si3+. The van der Waals surface area contributed by atoms with Crippen LogP contribution in [-0.2, 0) is 8.23 Å². The highest BCUT2D eigenvalue weighted by atomic mass is 28.3. The van der Waals surface area contributed by atoms with Crippen molar-refractivity contribution in [1.29, 1.82) is 0 Å². The number of hydrogen-bond donors (Lipinski definition) is 0. The summed E-state index contributed by atoms with van der Waals surface area (Å²) in [6.45, 7) is 0. The predicted octanol–water partition coefficient (Wildman–Crippen LogP) is -3.31. The van der Waals surface area contributed by atoms with Crippen LogP contribution in [0.5, 0.6) is 0 Å². The summed E-state index contributed by atoms with van der Waals surface area (Å²) in [4.78, 5) is 0. The maximum atomic E-state index is 4.78. The first-order chi connectivity index (χ1) is 2.41. The zero-order valence-corrected chi connectivity index (χ0v) is 8.94. The van der Waals surface area contributed by atoms with E-state index in [1.807, 2.05) is 0 Å². The SMILES string of the molecule is [H+].[SiH3]O[SiH2]O[SiH3]. The van der Waals surface area contributed by atoms with Crippen molar-refractivity contribution in [2.45, 2.75) is 0 Å². The molecule has 0 heterocycles. The third kappa shape index (κ3) is 4.57. The van der Waals surface area contributed by atoms with Crippen LogP contribution in [0, 0.1) is 0 Å². The fourth-order valence-electron chi connectivity index (χ4n) is 0.118. The van der Waals surface area contributed by atoms with Gasteiger partial charge in [0.15, 0.2) is 0 Å². The van der Waals surface area contributed by atoms with Crippen LogP contribution in [0.4, 0.5) is 0 Å². The third-order valence-electron chi connectivity index (χ3n) is 0.236. The van der Waals surface area contributed by atoms with Crippen LogP contribution in [0.15, 0.2) is 0 Å². The topological polar surface area (TPSA) is 18.5 Å². The van der Waals surface area contributed by atoms with E-state index in [4.69, 9.17) is 8.23 Å². The minimum absolute atomic E-state index is 0. The van der Waals surface area contributed by atoms with Crippen molar-refractivity contribution < 1.29 is 9.66 Å². The van der Waals surface area contributed by atoms with E-state index in [0.717, 1.165) is 21.0 Å². The second-order valence-electron chi connectivity index (χ2n) is 0.695. The van der Waals surface area contributed by atoms with Crippen LogP contribution >= 0.6 is 0 Å². The molecule has 2 nitrogen and oxygen atoms in total. The summed E-state index contributed by atoms with van der Waals surface area (Å²) in [6.07, 6.45) is 0. The molecule has 0 amide bonds. The molecule has 0 rings (SSSR count). The van der Waals surface area contributed by atoms with Gasteiger partial charge in [-0.2, -0.15) is 0 Å². The monoisotopic (exact) mass is 125 g/mol. The van der Waals surface area contributed by atoms with Gasteiger partial charge in [-0.25, -0.2) is 0 Å². The van der Waals surface area contributed by atoms with E-state index in [9.17, 15) is 0 Å². The summed E-state index contributed by atoms with van der Waals surface area (Å²) in [5.74, 6) is 0. The zero-order chi connectivity index (χ0) is 4.12. The molecule has 0 unspecified atom stereocenters. The second kappa shape index (κ2) is 4.57. The average Bonchev–Trinajstić information content (AvgIpc) is 1.41. The first kappa shape index (κ1) is 5.57. The normalized spacial score (nSPS) is 12.0. The summed E-state index contributed by atoms with van der Waals surface area (Å²) in [5, 5.41) is 0. The van der Waals surface area contributed by atoms with Gasteiger partial charge in [0.25, 0.3) is 10.0 Å². The van der Waals surface area contributed by atoms with E-state index in [0.29, 0.717) is 0 Å². The van der Waals surface area contributed by atoms with E-state index < -0.39 is 10.0 Å². The van der Waals surface area contributed by atoms with Crippen molar-refractivity contribution in [3.05, 3.63) is 0 Å². The molecule has 5 heavy (non-hydrogen) atoms. The minimum atomic E-state index is -0.444. The molecule has 0 aromatic rings. The summed E-state index contributed by atoms with van der Waals surface area (Å²) in [7, 11) is 1.27. The van der Waals surface area contributed by atoms with Crippen molar-refractivity contribution in [3.63, 3.8) is 0 Å². The molecule has 0 aliphatic carbocycles. The Morgan fingerprint density at radius 2 is 1.80 bits per heavy atom. The first-order valence-corrected chi connectivity index (χ1v) is 4.18. The molecule has 0 aromatic carbocycles. The van der Waals surface area contributed by atoms with Gasteiger partial charge in [0.1, 0.15) is 21.0 Å². The number of rotatable bonds is 2. The van der Waals surface area contributed by atoms with E-state index in [1.54, 1.807) is 0 Å². The van der Waals surface area contributed by atoms with Crippen molar-refractivity contribution >= 4 is 31.0 Å². The van der Waals surface area contributed by atoms with Crippen LogP contribution in [0.3, 0.4) is 0 Å². The van der Waals surface area contributed by atoms with Crippen molar-refractivity contribution in [1.82, 2.24) is 0 Å². The van der Waals surface area contributed by atoms with Crippen LogP contribution < -0.4 is 0 Å². The molecule has 0 saturated heterocycles. The lowest BCUT2D eigenvalue weighted by molar-refractivity contribution is 0.513. The van der Waals surface area contributed by atoms with E-state index in [1.165, 1.54) is 0 Å². The molecule has 5 heteroatoms. The average molecular weight is 125 g/mol. The molecule has 0 fully saturated rings. The Morgan fingerprint density at radius 3 is 1.80 bits per heavy atom. The van der Waals surface area contributed by atoms with Gasteiger partial charge in [-0.1, -0.05) is 0 Å².